The van der Waals surface area contributed by atoms with E-state index in [0.29, 0.717) is 21.9 Å². The van der Waals surface area contributed by atoms with Crippen molar-refractivity contribution in [3.63, 3.8) is 0 Å². The summed E-state index contributed by atoms with van der Waals surface area (Å²) in [5.74, 6) is -3.39. The normalized spacial score (nSPS) is 17.1. The van der Waals surface area contributed by atoms with E-state index >= 15 is 0 Å². The molecule has 5 rings (SSSR count). The number of hydrogen-bond acceptors (Lipinski definition) is 5. The molecule has 7 nitrogen and oxygen atoms in total. The average molecular weight is 592 g/mol. The molecule has 2 aromatic carbocycles. The quantitative estimate of drug-likeness (QED) is 0.209. The molecule has 2 atom stereocenters. The average Bonchev–Trinajstić information content (AvgIpc) is 3.36. The molecule has 0 bridgehead atoms. The molecule has 42 heavy (non-hydrogen) atoms. The van der Waals surface area contributed by atoms with Crippen molar-refractivity contribution in [2.24, 2.45) is 0 Å². The Bertz CT molecular complexity index is 1650. The van der Waals surface area contributed by atoms with Crippen LogP contribution in [0.5, 0.6) is 5.75 Å². The largest absolute Gasteiger partial charge is 0.497 e. The fourth-order valence-corrected chi connectivity index (χ4v) is 5.46. The summed E-state index contributed by atoms with van der Waals surface area (Å²) in [7, 11) is 1.47. The summed E-state index contributed by atoms with van der Waals surface area (Å²) < 4.78 is 90.6. The van der Waals surface area contributed by atoms with Crippen molar-refractivity contribution < 1.29 is 35.9 Å². The molecule has 222 valence electrons. The zero-order valence-corrected chi connectivity index (χ0v) is 23.1. The van der Waals surface area contributed by atoms with Gasteiger partial charge < -0.3 is 9.64 Å². The van der Waals surface area contributed by atoms with E-state index in [1.165, 1.54) is 18.9 Å². The number of halogens is 6. The maximum atomic E-state index is 14.4. The Kier molecular flexibility index (Phi) is 7.64. The van der Waals surface area contributed by atoms with Gasteiger partial charge in [0.2, 0.25) is 0 Å². The maximum Gasteiger partial charge on any atom is 0.433 e. The number of methoxy groups -OCH3 is 1. The third-order valence-electron chi connectivity index (χ3n) is 7.68. The van der Waals surface area contributed by atoms with Crippen LogP contribution in [0.3, 0.4) is 0 Å². The van der Waals surface area contributed by atoms with Crippen LogP contribution in [0.4, 0.5) is 26.3 Å². The van der Waals surface area contributed by atoms with E-state index in [4.69, 9.17) is 4.74 Å². The fourth-order valence-electron chi connectivity index (χ4n) is 5.46. The Morgan fingerprint density at radius 1 is 1.10 bits per heavy atom. The van der Waals surface area contributed by atoms with Crippen LogP contribution in [-0.4, -0.2) is 63.1 Å². The van der Waals surface area contributed by atoms with E-state index in [9.17, 15) is 31.1 Å². The number of amides is 1. The Labute approximate surface area is 237 Å². The van der Waals surface area contributed by atoms with Gasteiger partial charge in [-0.25, -0.2) is 22.7 Å². The molecule has 0 aliphatic carbocycles. The molecule has 1 fully saturated rings. The van der Waals surface area contributed by atoms with Gasteiger partial charge in [-0.15, -0.1) is 0 Å². The third kappa shape index (κ3) is 5.17. The molecular weight excluding hydrogens is 564 g/mol. The molecule has 13 heteroatoms. The number of carbonyl (C=O) groups is 1. The first kappa shape index (κ1) is 29.4. The summed E-state index contributed by atoms with van der Waals surface area (Å²) >= 11 is 0. The molecule has 0 radical (unpaired) electrons. The van der Waals surface area contributed by atoms with Crippen molar-refractivity contribution in [3.8, 4) is 17.0 Å². The van der Waals surface area contributed by atoms with E-state index in [-0.39, 0.29) is 47.7 Å². The molecule has 4 aromatic rings. The van der Waals surface area contributed by atoms with E-state index in [1.54, 1.807) is 43.0 Å². The molecule has 1 aliphatic rings. The van der Waals surface area contributed by atoms with Crippen molar-refractivity contribution in [3.05, 3.63) is 82.4 Å². The SMILES string of the molecule is COc1ccc(-c2nc3c(C(=O)N4CCN([C@@H](C)c5cc(F)cc(F)c5F)C[C@H]4C)cnn3c(C(F)(F)F)c2C)cc1. The zero-order chi connectivity index (χ0) is 30.5. The maximum absolute atomic E-state index is 14.4. The standard InChI is InChI=1S/C29H27F6N5O2/c1-15-14-38(17(3)21-11-19(30)12-23(31)24(21)32)9-10-39(15)28(41)22-13-36-40-26(29(33,34)35)16(2)25(37-27(22)40)18-5-7-20(42-4)8-6-18/h5-8,11-13,15,17H,9-10,14H2,1-4H3/t15-,17+/m1/s1. The number of aromatic nitrogens is 3. The summed E-state index contributed by atoms with van der Waals surface area (Å²) in [5.41, 5.74) is -1.26. The molecule has 1 amide bonds. The summed E-state index contributed by atoms with van der Waals surface area (Å²) in [6, 6.07) is 6.61. The van der Waals surface area contributed by atoms with Gasteiger partial charge in [0.1, 0.15) is 17.1 Å². The minimum atomic E-state index is -4.79. The minimum Gasteiger partial charge on any atom is -0.497 e. The highest BCUT2D eigenvalue weighted by atomic mass is 19.4. The molecule has 0 unspecified atom stereocenters. The summed E-state index contributed by atoms with van der Waals surface area (Å²) in [6.45, 7) is 5.22. The number of rotatable bonds is 5. The fraction of sp³-hybridized carbons (Fsp3) is 0.345. The Morgan fingerprint density at radius 3 is 2.40 bits per heavy atom. The lowest BCUT2D eigenvalue weighted by molar-refractivity contribution is -0.143. The number of hydrogen-bond donors (Lipinski definition) is 0. The van der Waals surface area contributed by atoms with Gasteiger partial charge in [-0.2, -0.15) is 18.3 Å². The van der Waals surface area contributed by atoms with E-state index in [2.05, 4.69) is 10.1 Å². The minimum absolute atomic E-state index is 0.0445. The highest BCUT2D eigenvalue weighted by molar-refractivity contribution is 6.00. The van der Waals surface area contributed by atoms with Gasteiger partial charge in [-0.3, -0.25) is 9.69 Å². The predicted octanol–water partition coefficient (Wildman–Crippen LogP) is 6.06. The van der Waals surface area contributed by atoms with Crippen LogP contribution in [0.15, 0.2) is 42.6 Å². The number of fused-ring (bicyclic) bond motifs is 1. The second-order valence-electron chi connectivity index (χ2n) is 10.3. The lowest BCUT2D eigenvalue weighted by atomic mass is 10.0. The van der Waals surface area contributed by atoms with Crippen molar-refractivity contribution in [1.82, 2.24) is 24.4 Å². The molecule has 3 heterocycles. The number of nitrogens with zero attached hydrogens (tertiary/aromatic N) is 5. The Balaban J connectivity index is 1.48. The van der Waals surface area contributed by atoms with Crippen LogP contribution >= 0.6 is 0 Å². The highest BCUT2D eigenvalue weighted by Crippen LogP contribution is 2.37. The summed E-state index contributed by atoms with van der Waals surface area (Å²) in [5, 5.41) is 3.90. The van der Waals surface area contributed by atoms with Gasteiger partial charge in [-0.1, -0.05) is 0 Å². The van der Waals surface area contributed by atoms with Crippen LogP contribution < -0.4 is 4.74 Å². The molecule has 0 spiro atoms. The monoisotopic (exact) mass is 591 g/mol. The highest BCUT2D eigenvalue weighted by Gasteiger charge is 2.39. The van der Waals surface area contributed by atoms with Gasteiger partial charge in [-0.05, 0) is 51.1 Å². The van der Waals surface area contributed by atoms with Crippen molar-refractivity contribution >= 4 is 11.6 Å². The first-order chi connectivity index (χ1) is 19.8. The van der Waals surface area contributed by atoms with Crippen molar-refractivity contribution in [2.45, 2.75) is 39.0 Å². The molecule has 0 saturated carbocycles. The van der Waals surface area contributed by atoms with E-state index in [0.717, 1.165) is 12.3 Å². The van der Waals surface area contributed by atoms with Crippen molar-refractivity contribution in [1.29, 1.82) is 0 Å². The third-order valence-corrected chi connectivity index (χ3v) is 7.68. The van der Waals surface area contributed by atoms with Gasteiger partial charge in [0.05, 0.1) is 19.0 Å². The number of carbonyl (C=O) groups excluding carboxylic acids is 1. The zero-order valence-electron chi connectivity index (χ0n) is 23.1. The van der Waals surface area contributed by atoms with Gasteiger partial charge in [0.15, 0.2) is 23.0 Å². The number of ether oxygens (including phenoxy) is 1. The van der Waals surface area contributed by atoms with Crippen LogP contribution in [-0.2, 0) is 6.18 Å². The van der Waals surface area contributed by atoms with Crippen LogP contribution in [0.1, 0.15) is 47.1 Å². The van der Waals surface area contributed by atoms with Gasteiger partial charge in [0, 0.05) is 54.5 Å². The van der Waals surface area contributed by atoms with E-state index in [1.807, 2.05) is 0 Å². The first-order valence-corrected chi connectivity index (χ1v) is 13.1. The summed E-state index contributed by atoms with van der Waals surface area (Å²) in [4.78, 5) is 21.4. The molecule has 0 N–H and O–H groups in total. The van der Waals surface area contributed by atoms with Crippen LogP contribution in [0.2, 0.25) is 0 Å². The molecule has 2 aromatic heterocycles. The van der Waals surface area contributed by atoms with Crippen LogP contribution in [0.25, 0.3) is 16.9 Å². The Morgan fingerprint density at radius 2 is 1.79 bits per heavy atom. The number of benzene rings is 2. The smallest absolute Gasteiger partial charge is 0.433 e. The Hall–Kier alpha value is -4.13. The molecule has 1 aliphatic heterocycles. The van der Waals surface area contributed by atoms with E-state index < -0.39 is 47.3 Å². The predicted molar refractivity (Wildman–Crippen MR) is 142 cm³/mol. The topological polar surface area (TPSA) is 63.0 Å². The number of alkyl halides is 3. The lowest BCUT2D eigenvalue weighted by Crippen LogP contribution is -2.54. The van der Waals surface area contributed by atoms with Crippen molar-refractivity contribution in [2.75, 3.05) is 26.7 Å². The van der Waals surface area contributed by atoms with Gasteiger partial charge >= 0.3 is 6.18 Å². The number of piperazine rings is 1. The molecular formula is C29H27F6N5O2. The summed E-state index contributed by atoms with van der Waals surface area (Å²) in [6.07, 6.45) is -3.72. The molecule has 1 saturated heterocycles. The first-order valence-electron chi connectivity index (χ1n) is 13.1. The van der Waals surface area contributed by atoms with Gasteiger partial charge in [0.25, 0.3) is 5.91 Å². The lowest BCUT2D eigenvalue weighted by Gasteiger charge is -2.42. The van der Waals surface area contributed by atoms with Crippen LogP contribution in [0, 0.1) is 24.4 Å². The second-order valence-corrected chi connectivity index (χ2v) is 10.3. The second kappa shape index (κ2) is 10.9.